The Morgan fingerprint density at radius 1 is 1.05 bits per heavy atom. The summed E-state index contributed by atoms with van der Waals surface area (Å²) in [4.78, 5) is 12.9. The van der Waals surface area contributed by atoms with Crippen LogP contribution in [0.4, 0.5) is 0 Å². The van der Waals surface area contributed by atoms with Gasteiger partial charge in [-0.3, -0.25) is 4.68 Å². The van der Waals surface area contributed by atoms with E-state index in [2.05, 4.69) is 42.4 Å². The van der Waals surface area contributed by atoms with E-state index in [4.69, 9.17) is 21.1 Å². The fourth-order valence-electron chi connectivity index (χ4n) is 4.82. The molecule has 1 heterocycles. The van der Waals surface area contributed by atoms with Crippen molar-refractivity contribution in [2.45, 2.75) is 46.1 Å². The smallest absolute Gasteiger partial charge is 0.335 e. The largest absolute Gasteiger partial charge is 0.497 e. The lowest BCUT2D eigenvalue weighted by atomic mass is 9.98. The Morgan fingerprint density at radius 2 is 1.89 bits per heavy atom. The maximum atomic E-state index is 12.9. The maximum absolute atomic E-state index is 12.9. The lowest BCUT2D eigenvalue weighted by molar-refractivity contribution is -0.139. The Balaban J connectivity index is 1.22. The van der Waals surface area contributed by atoms with E-state index < -0.39 is 0 Å². The molecule has 0 unspecified atom stereocenters. The molecule has 0 aliphatic heterocycles. The molecule has 1 aliphatic rings. The molecule has 0 radical (unpaired) electrons. The summed E-state index contributed by atoms with van der Waals surface area (Å²) in [6, 6.07) is 16.4. The number of fused-ring (bicyclic) bond motifs is 2. The quantitative estimate of drug-likeness (QED) is 0.204. The average molecular weight is 516 g/mol. The highest BCUT2D eigenvalue weighted by Gasteiger charge is 2.22. The van der Waals surface area contributed by atoms with Crippen molar-refractivity contribution in [3.63, 3.8) is 0 Å². The molecule has 0 bridgehead atoms. The van der Waals surface area contributed by atoms with Gasteiger partial charge < -0.3 is 9.47 Å². The maximum Gasteiger partial charge on any atom is 0.335 e. The van der Waals surface area contributed by atoms with Crippen molar-refractivity contribution in [3.8, 4) is 17.0 Å². The average Bonchev–Trinajstić information content (AvgIpc) is 3.32. The fraction of sp³-hybridized carbons (Fsp3) is 0.300. The van der Waals surface area contributed by atoms with Crippen molar-refractivity contribution in [1.82, 2.24) is 15.0 Å². The third kappa shape index (κ3) is 5.25. The predicted molar refractivity (Wildman–Crippen MR) is 147 cm³/mol. The van der Waals surface area contributed by atoms with Gasteiger partial charge in [0.05, 0.1) is 30.5 Å². The summed E-state index contributed by atoms with van der Waals surface area (Å²) in [5.74, 6) is 0.465. The molecule has 5 rings (SSSR count). The SMILES string of the molecule is COc1ccc2cccc(-c3cn(CCCOC(=O)C4=C(Cl)c5cc(C)c(C)cc5CCC4)nn3)c2c1. The number of ether oxygens (including phenoxy) is 2. The lowest BCUT2D eigenvalue weighted by Crippen LogP contribution is -2.12. The summed E-state index contributed by atoms with van der Waals surface area (Å²) < 4.78 is 12.8. The number of halogens is 1. The fourth-order valence-corrected chi connectivity index (χ4v) is 5.17. The minimum atomic E-state index is -0.333. The number of aryl methyl sites for hydroxylation is 4. The summed E-state index contributed by atoms with van der Waals surface area (Å²) in [7, 11) is 1.66. The molecule has 0 atom stereocenters. The van der Waals surface area contributed by atoms with Crippen molar-refractivity contribution in [2.75, 3.05) is 13.7 Å². The molecule has 0 N–H and O–H groups in total. The van der Waals surface area contributed by atoms with Crippen LogP contribution in [-0.2, 0) is 22.5 Å². The van der Waals surface area contributed by atoms with E-state index in [1.54, 1.807) is 11.8 Å². The first-order valence-electron chi connectivity index (χ1n) is 12.6. The van der Waals surface area contributed by atoms with Crippen LogP contribution in [0.15, 0.2) is 60.3 Å². The first-order valence-corrected chi connectivity index (χ1v) is 13.0. The highest BCUT2D eigenvalue weighted by Crippen LogP contribution is 2.35. The molecular weight excluding hydrogens is 486 g/mol. The molecule has 0 amide bonds. The van der Waals surface area contributed by atoms with Crippen molar-refractivity contribution >= 4 is 33.4 Å². The first-order chi connectivity index (χ1) is 17.9. The van der Waals surface area contributed by atoms with Crippen LogP contribution in [0.1, 0.15) is 41.5 Å². The molecule has 6 nitrogen and oxygen atoms in total. The normalized spacial score (nSPS) is 13.4. The third-order valence-corrected chi connectivity index (χ3v) is 7.44. The van der Waals surface area contributed by atoms with Gasteiger partial charge in [0.1, 0.15) is 11.4 Å². The molecule has 0 fully saturated rings. The number of carbonyl (C=O) groups excluding carboxylic acids is 1. The lowest BCUT2D eigenvalue weighted by Gasteiger charge is -2.12. The van der Waals surface area contributed by atoms with Crippen LogP contribution in [0.2, 0.25) is 0 Å². The monoisotopic (exact) mass is 515 g/mol. The standard InChI is InChI=1S/C30H30ClN3O3/c1-19-15-22-8-5-10-25(29(31)27(22)16-20(19)2)30(35)37-14-6-13-34-18-28(32-33-34)24-9-4-7-21-11-12-23(36-3)17-26(21)24/h4,7,9,11-12,15-18H,5-6,8,10,13-14H2,1-3H3. The minimum Gasteiger partial charge on any atom is -0.497 e. The zero-order chi connectivity index (χ0) is 25.9. The van der Waals surface area contributed by atoms with Gasteiger partial charge in [0, 0.05) is 18.5 Å². The number of methoxy groups -OCH3 is 1. The molecule has 4 aromatic rings. The van der Waals surface area contributed by atoms with E-state index in [-0.39, 0.29) is 12.6 Å². The predicted octanol–water partition coefficient (Wildman–Crippen LogP) is 6.64. The van der Waals surface area contributed by atoms with Gasteiger partial charge in [0.15, 0.2) is 0 Å². The van der Waals surface area contributed by atoms with Crippen molar-refractivity contribution in [2.24, 2.45) is 0 Å². The van der Waals surface area contributed by atoms with E-state index >= 15 is 0 Å². The Hall–Kier alpha value is -3.64. The second-order valence-electron chi connectivity index (χ2n) is 9.49. The van der Waals surface area contributed by atoms with Gasteiger partial charge in [0.2, 0.25) is 0 Å². The van der Waals surface area contributed by atoms with Crippen LogP contribution in [0.25, 0.3) is 27.1 Å². The molecule has 190 valence electrons. The van der Waals surface area contributed by atoms with E-state index in [9.17, 15) is 4.79 Å². The zero-order valence-electron chi connectivity index (χ0n) is 21.4. The third-order valence-electron chi connectivity index (χ3n) is 7.01. The number of carbonyl (C=O) groups is 1. The Bertz CT molecular complexity index is 1510. The zero-order valence-corrected chi connectivity index (χ0v) is 22.1. The number of hydrogen-bond donors (Lipinski definition) is 0. The molecule has 0 saturated carbocycles. The second kappa shape index (κ2) is 10.8. The number of benzene rings is 3. The van der Waals surface area contributed by atoms with Crippen LogP contribution in [0.5, 0.6) is 5.75 Å². The van der Waals surface area contributed by atoms with Gasteiger partial charge >= 0.3 is 5.97 Å². The second-order valence-corrected chi connectivity index (χ2v) is 9.87. The van der Waals surface area contributed by atoms with Crippen molar-refractivity contribution in [1.29, 1.82) is 0 Å². The number of hydrogen-bond acceptors (Lipinski definition) is 5. The summed E-state index contributed by atoms with van der Waals surface area (Å²) in [5, 5.41) is 11.3. The molecule has 1 aliphatic carbocycles. The first kappa shape index (κ1) is 25.0. The Kier molecular flexibility index (Phi) is 7.28. The molecule has 1 aromatic heterocycles. The summed E-state index contributed by atoms with van der Waals surface area (Å²) in [5.41, 5.74) is 6.91. The van der Waals surface area contributed by atoms with E-state index in [1.807, 2.05) is 36.5 Å². The molecule has 37 heavy (non-hydrogen) atoms. The van der Waals surface area contributed by atoms with Crippen molar-refractivity contribution in [3.05, 3.63) is 82.6 Å². The molecular formula is C30H30ClN3O3. The van der Waals surface area contributed by atoms with Crippen molar-refractivity contribution < 1.29 is 14.3 Å². The minimum absolute atomic E-state index is 0.285. The van der Waals surface area contributed by atoms with E-state index in [1.165, 1.54) is 16.7 Å². The van der Waals surface area contributed by atoms with Crippen LogP contribution in [0.3, 0.4) is 0 Å². The van der Waals surface area contributed by atoms with Gasteiger partial charge in [-0.15, -0.1) is 5.10 Å². The Labute approximate surface area is 221 Å². The summed E-state index contributed by atoms with van der Waals surface area (Å²) in [6.07, 6.45) is 4.94. The Morgan fingerprint density at radius 3 is 2.73 bits per heavy atom. The van der Waals surface area contributed by atoms with Crippen LogP contribution < -0.4 is 4.74 Å². The number of rotatable bonds is 7. The summed E-state index contributed by atoms with van der Waals surface area (Å²) in [6.45, 7) is 5.04. The number of esters is 1. The van der Waals surface area contributed by atoms with E-state index in [0.29, 0.717) is 30.0 Å². The van der Waals surface area contributed by atoms with E-state index in [0.717, 1.165) is 46.2 Å². The van der Waals surface area contributed by atoms with Gasteiger partial charge in [-0.05, 0) is 84.3 Å². The van der Waals surface area contributed by atoms with Gasteiger partial charge in [-0.25, -0.2) is 4.79 Å². The summed E-state index contributed by atoms with van der Waals surface area (Å²) >= 11 is 6.72. The number of nitrogens with zero attached hydrogens (tertiary/aromatic N) is 3. The highest BCUT2D eigenvalue weighted by molar-refractivity contribution is 6.51. The van der Waals surface area contributed by atoms with Gasteiger partial charge in [0.25, 0.3) is 0 Å². The topological polar surface area (TPSA) is 66.2 Å². The number of aromatic nitrogens is 3. The highest BCUT2D eigenvalue weighted by atomic mass is 35.5. The van der Waals surface area contributed by atoms with Crippen LogP contribution in [0, 0.1) is 13.8 Å². The molecule has 0 spiro atoms. The van der Waals surface area contributed by atoms with Crippen LogP contribution in [-0.4, -0.2) is 34.7 Å². The van der Waals surface area contributed by atoms with Crippen LogP contribution >= 0.6 is 11.6 Å². The van der Waals surface area contributed by atoms with Gasteiger partial charge in [-0.2, -0.15) is 0 Å². The molecule has 3 aromatic carbocycles. The van der Waals surface area contributed by atoms with Gasteiger partial charge in [-0.1, -0.05) is 47.1 Å². The molecule has 7 heteroatoms. The molecule has 0 saturated heterocycles.